The summed E-state index contributed by atoms with van der Waals surface area (Å²) < 4.78 is 19.2. The maximum absolute atomic E-state index is 13.8. The van der Waals surface area contributed by atoms with E-state index in [2.05, 4.69) is 20.3 Å². The summed E-state index contributed by atoms with van der Waals surface area (Å²) in [6, 6.07) is 6.64. The first kappa shape index (κ1) is 12.9. The first-order valence-electron chi connectivity index (χ1n) is 6.73. The van der Waals surface area contributed by atoms with Crippen LogP contribution in [0.4, 0.5) is 10.3 Å². The van der Waals surface area contributed by atoms with Gasteiger partial charge in [0.25, 0.3) is 0 Å². The third-order valence-corrected chi connectivity index (χ3v) is 4.14. The van der Waals surface area contributed by atoms with E-state index in [1.54, 1.807) is 18.2 Å². The number of fused-ring (bicyclic) bond motifs is 1. The van der Waals surface area contributed by atoms with E-state index in [4.69, 9.17) is 16.3 Å². The lowest BCUT2D eigenvalue weighted by atomic mass is 10.2. The number of nitrogens with zero attached hydrogens (tertiary/aromatic N) is 3. The fourth-order valence-corrected chi connectivity index (χ4v) is 2.94. The van der Waals surface area contributed by atoms with Gasteiger partial charge in [0, 0.05) is 17.9 Å². The van der Waals surface area contributed by atoms with Crippen LogP contribution in [0.2, 0.25) is 5.28 Å². The van der Waals surface area contributed by atoms with Crippen LogP contribution in [0, 0.1) is 17.7 Å². The van der Waals surface area contributed by atoms with Crippen LogP contribution < -0.4 is 5.32 Å². The first-order chi connectivity index (χ1) is 10.2. The Kier molecular flexibility index (Phi) is 3.01. The zero-order chi connectivity index (χ0) is 14.4. The molecule has 1 N–H and O–H groups in total. The summed E-state index contributed by atoms with van der Waals surface area (Å²) in [5, 5.41) is 3.29. The van der Waals surface area contributed by atoms with Crippen molar-refractivity contribution in [2.24, 2.45) is 11.8 Å². The number of hydrogen-bond donors (Lipinski definition) is 1. The Morgan fingerprint density at radius 2 is 1.90 bits per heavy atom. The second-order valence-corrected chi connectivity index (χ2v) is 5.60. The molecule has 1 aromatic heterocycles. The normalized spacial score (nSPS) is 26.5. The largest absolute Gasteiger partial charge is 0.381 e. The van der Waals surface area contributed by atoms with E-state index in [0.717, 1.165) is 13.2 Å². The summed E-state index contributed by atoms with van der Waals surface area (Å²) in [4.78, 5) is 12.3. The van der Waals surface area contributed by atoms with Crippen molar-refractivity contribution in [3.63, 3.8) is 0 Å². The molecular weight excluding hydrogens is 295 g/mol. The van der Waals surface area contributed by atoms with Crippen LogP contribution in [0.5, 0.6) is 0 Å². The van der Waals surface area contributed by atoms with Crippen molar-refractivity contribution in [3.8, 4) is 11.4 Å². The van der Waals surface area contributed by atoms with Gasteiger partial charge in [-0.1, -0.05) is 12.1 Å². The third kappa shape index (κ3) is 2.34. The van der Waals surface area contributed by atoms with E-state index >= 15 is 0 Å². The highest BCUT2D eigenvalue weighted by Crippen LogP contribution is 2.45. The van der Waals surface area contributed by atoms with Gasteiger partial charge in [-0.2, -0.15) is 15.0 Å². The molecule has 2 unspecified atom stereocenters. The van der Waals surface area contributed by atoms with Gasteiger partial charge in [0.2, 0.25) is 11.2 Å². The Labute approximate surface area is 125 Å². The van der Waals surface area contributed by atoms with E-state index in [0.29, 0.717) is 29.4 Å². The molecule has 0 bridgehead atoms. The predicted octanol–water partition coefficient (Wildman–Crippen LogP) is 2.39. The average Bonchev–Trinajstić information content (AvgIpc) is 2.90. The van der Waals surface area contributed by atoms with Crippen LogP contribution in [0.25, 0.3) is 11.4 Å². The van der Waals surface area contributed by atoms with Crippen LogP contribution in [0.1, 0.15) is 0 Å². The SMILES string of the molecule is Fc1ccccc1-c1nc(Cl)nc(NC2C3COCC32)n1. The predicted molar refractivity (Wildman–Crippen MR) is 75.4 cm³/mol. The third-order valence-electron chi connectivity index (χ3n) is 3.97. The van der Waals surface area contributed by atoms with Crippen molar-refractivity contribution in [2.45, 2.75) is 6.04 Å². The van der Waals surface area contributed by atoms with Gasteiger partial charge in [-0.25, -0.2) is 4.39 Å². The number of halogens is 2. The van der Waals surface area contributed by atoms with Crippen LogP contribution in [0.15, 0.2) is 24.3 Å². The standard InChI is InChI=1S/C14H12ClFN4O/c15-13-18-12(7-3-1-2-4-10(7)16)19-14(20-13)17-11-8-5-21-6-9(8)11/h1-4,8-9,11H,5-6H2,(H,17,18,19,20). The number of rotatable bonds is 3. The monoisotopic (exact) mass is 306 g/mol. The lowest BCUT2D eigenvalue weighted by Gasteiger charge is -2.09. The molecule has 1 saturated carbocycles. The molecule has 1 aliphatic heterocycles. The first-order valence-corrected chi connectivity index (χ1v) is 7.11. The highest BCUT2D eigenvalue weighted by Gasteiger charge is 2.54. The van der Waals surface area contributed by atoms with Crippen molar-refractivity contribution < 1.29 is 9.13 Å². The molecule has 2 heterocycles. The molecule has 7 heteroatoms. The number of aromatic nitrogens is 3. The lowest BCUT2D eigenvalue weighted by Crippen LogP contribution is -2.15. The van der Waals surface area contributed by atoms with E-state index in [-0.39, 0.29) is 16.9 Å². The summed E-state index contributed by atoms with van der Waals surface area (Å²) in [6.45, 7) is 1.53. The topological polar surface area (TPSA) is 59.9 Å². The number of anilines is 1. The van der Waals surface area contributed by atoms with Crippen molar-refractivity contribution in [2.75, 3.05) is 18.5 Å². The fraction of sp³-hybridized carbons (Fsp3) is 0.357. The van der Waals surface area contributed by atoms with Gasteiger partial charge in [-0.15, -0.1) is 0 Å². The molecule has 0 amide bonds. The second kappa shape index (κ2) is 4.89. The minimum absolute atomic E-state index is 0.0489. The maximum atomic E-state index is 13.8. The van der Waals surface area contributed by atoms with E-state index < -0.39 is 0 Å². The zero-order valence-corrected chi connectivity index (χ0v) is 11.7. The molecule has 2 aliphatic rings. The smallest absolute Gasteiger partial charge is 0.227 e. The molecule has 1 saturated heterocycles. The molecule has 1 aromatic carbocycles. The number of ether oxygens (including phenoxy) is 1. The van der Waals surface area contributed by atoms with Gasteiger partial charge in [0.15, 0.2) is 5.82 Å². The van der Waals surface area contributed by atoms with Gasteiger partial charge < -0.3 is 10.1 Å². The molecule has 108 valence electrons. The molecule has 2 fully saturated rings. The van der Waals surface area contributed by atoms with Crippen LogP contribution >= 0.6 is 11.6 Å². The Balaban J connectivity index is 1.62. The summed E-state index contributed by atoms with van der Waals surface area (Å²) >= 11 is 5.93. The average molecular weight is 307 g/mol. The molecule has 0 radical (unpaired) electrons. The van der Waals surface area contributed by atoms with Gasteiger partial charge in [0.05, 0.1) is 18.8 Å². The van der Waals surface area contributed by atoms with Gasteiger partial charge in [-0.3, -0.25) is 0 Å². The molecule has 2 atom stereocenters. The minimum atomic E-state index is -0.387. The molecule has 1 aliphatic carbocycles. The summed E-state index contributed by atoms with van der Waals surface area (Å²) in [5.74, 6) is 1.25. The van der Waals surface area contributed by atoms with Crippen molar-refractivity contribution in [1.29, 1.82) is 0 Å². The molecule has 2 aromatic rings. The van der Waals surface area contributed by atoms with Crippen LogP contribution in [0.3, 0.4) is 0 Å². The Morgan fingerprint density at radius 1 is 1.14 bits per heavy atom. The number of benzene rings is 1. The molecular formula is C14H12ClFN4O. The van der Waals surface area contributed by atoms with E-state index in [1.165, 1.54) is 6.07 Å². The minimum Gasteiger partial charge on any atom is -0.381 e. The highest BCUT2D eigenvalue weighted by molar-refractivity contribution is 6.28. The van der Waals surface area contributed by atoms with E-state index in [9.17, 15) is 4.39 Å². The van der Waals surface area contributed by atoms with Crippen molar-refractivity contribution >= 4 is 17.5 Å². The van der Waals surface area contributed by atoms with Crippen LogP contribution in [-0.4, -0.2) is 34.2 Å². The summed E-state index contributed by atoms with van der Waals surface area (Å²) in [6.07, 6.45) is 0. The molecule has 21 heavy (non-hydrogen) atoms. The van der Waals surface area contributed by atoms with Crippen molar-refractivity contribution in [3.05, 3.63) is 35.4 Å². The quantitative estimate of drug-likeness (QED) is 0.943. The van der Waals surface area contributed by atoms with E-state index in [1.807, 2.05) is 0 Å². The lowest BCUT2D eigenvalue weighted by molar-refractivity contribution is 0.162. The summed E-state index contributed by atoms with van der Waals surface area (Å²) in [5.41, 5.74) is 0.309. The maximum Gasteiger partial charge on any atom is 0.227 e. The van der Waals surface area contributed by atoms with Gasteiger partial charge >= 0.3 is 0 Å². The fourth-order valence-electron chi connectivity index (χ4n) is 2.78. The molecule has 5 nitrogen and oxygen atoms in total. The highest BCUT2D eigenvalue weighted by atomic mass is 35.5. The molecule has 0 spiro atoms. The second-order valence-electron chi connectivity index (χ2n) is 5.27. The van der Waals surface area contributed by atoms with Gasteiger partial charge in [-0.05, 0) is 23.7 Å². The Morgan fingerprint density at radius 3 is 2.67 bits per heavy atom. The number of nitrogens with one attached hydrogen (secondary N) is 1. The summed E-state index contributed by atoms with van der Waals surface area (Å²) in [7, 11) is 0. The molecule has 4 rings (SSSR count). The van der Waals surface area contributed by atoms with Gasteiger partial charge in [0.1, 0.15) is 5.82 Å². The zero-order valence-electron chi connectivity index (χ0n) is 11.0. The Bertz CT molecular complexity index is 688. The van der Waals surface area contributed by atoms with Crippen LogP contribution in [-0.2, 0) is 4.74 Å². The van der Waals surface area contributed by atoms with Crippen molar-refractivity contribution in [1.82, 2.24) is 15.0 Å². The number of hydrogen-bond acceptors (Lipinski definition) is 5. The Hall–Kier alpha value is -1.79.